The first-order chi connectivity index (χ1) is 36.5. The molecule has 0 spiro atoms. The summed E-state index contributed by atoms with van der Waals surface area (Å²) in [6.07, 6.45) is 86.0. The van der Waals surface area contributed by atoms with Crippen LogP contribution in [-0.4, -0.2) is 37.2 Å². The number of allylic oxidation sites excluding steroid dienone is 22. The summed E-state index contributed by atoms with van der Waals surface area (Å²) in [4.78, 5) is 38.1. The fraction of sp³-hybridized carbons (Fsp3) is 0.632. The predicted molar refractivity (Wildman–Crippen MR) is 320 cm³/mol. The third kappa shape index (κ3) is 58.4. The molecule has 74 heavy (non-hydrogen) atoms. The molecule has 0 radical (unpaired) electrons. The number of esters is 3. The lowest BCUT2D eigenvalue weighted by Gasteiger charge is -2.18. The molecule has 0 aromatic carbocycles. The SMILES string of the molecule is CC/C=C\C/C=C\C/C=C\C/C=C\C/C=C\C/C=C\CCCCCCCCCCCCC(=O)OCC(COC(=O)CCCCCCC/C=C\CCC)OC(=O)CCCCCC/C=C\C/C=C\C/C=C\C/C=C\CC. The summed E-state index contributed by atoms with van der Waals surface area (Å²) in [5.41, 5.74) is 0. The number of rotatable bonds is 53. The van der Waals surface area contributed by atoms with Gasteiger partial charge in [-0.3, -0.25) is 14.4 Å². The van der Waals surface area contributed by atoms with Crippen LogP contribution in [-0.2, 0) is 28.6 Å². The molecule has 1 unspecified atom stereocenters. The van der Waals surface area contributed by atoms with Crippen molar-refractivity contribution in [3.8, 4) is 0 Å². The van der Waals surface area contributed by atoms with Crippen molar-refractivity contribution in [2.24, 2.45) is 0 Å². The van der Waals surface area contributed by atoms with E-state index in [0.717, 1.165) is 154 Å². The molecule has 0 saturated heterocycles. The first-order valence-electron chi connectivity index (χ1n) is 30.2. The van der Waals surface area contributed by atoms with Crippen LogP contribution < -0.4 is 0 Å². The molecule has 0 aliphatic rings. The second-order valence-corrected chi connectivity index (χ2v) is 19.5. The monoisotopic (exact) mass is 1020 g/mol. The Morgan fingerprint density at radius 2 is 0.527 bits per heavy atom. The number of carbonyl (C=O) groups is 3. The Labute approximate surface area is 455 Å². The van der Waals surface area contributed by atoms with Gasteiger partial charge in [0.15, 0.2) is 6.10 Å². The molecule has 1 atom stereocenters. The Kier molecular flexibility index (Phi) is 57.4. The van der Waals surface area contributed by atoms with Gasteiger partial charge in [0.05, 0.1) is 0 Å². The Hall–Kier alpha value is -4.45. The van der Waals surface area contributed by atoms with Gasteiger partial charge in [-0.25, -0.2) is 0 Å². The van der Waals surface area contributed by atoms with Crippen LogP contribution in [0.1, 0.15) is 258 Å². The molecule has 0 heterocycles. The van der Waals surface area contributed by atoms with Crippen LogP contribution in [0.5, 0.6) is 0 Å². The normalized spacial score (nSPS) is 13.1. The van der Waals surface area contributed by atoms with Crippen LogP contribution >= 0.6 is 0 Å². The number of hydrogen-bond acceptors (Lipinski definition) is 6. The lowest BCUT2D eigenvalue weighted by Crippen LogP contribution is -2.30. The number of ether oxygens (including phenoxy) is 3. The summed E-state index contributed by atoms with van der Waals surface area (Å²) in [5.74, 6) is -0.938. The van der Waals surface area contributed by atoms with E-state index in [1.165, 1.54) is 64.2 Å². The summed E-state index contributed by atoms with van der Waals surface area (Å²) < 4.78 is 16.8. The highest BCUT2D eigenvalue weighted by Crippen LogP contribution is 2.15. The fourth-order valence-electron chi connectivity index (χ4n) is 7.91. The number of carbonyl (C=O) groups excluding carboxylic acids is 3. The minimum absolute atomic E-state index is 0.0964. The van der Waals surface area contributed by atoms with Crippen LogP contribution in [0.15, 0.2) is 134 Å². The van der Waals surface area contributed by atoms with Crippen LogP contribution in [0.2, 0.25) is 0 Å². The molecule has 0 rings (SSSR count). The second kappa shape index (κ2) is 61.1. The largest absolute Gasteiger partial charge is 0.462 e. The van der Waals surface area contributed by atoms with Crippen molar-refractivity contribution in [2.45, 2.75) is 264 Å². The average Bonchev–Trinajstić information content (AvgIpc) is 3.40. The third-order valence-electron chi connectivity index (χ3n) is 12.4. The van der Waals surface area contributed by atoms with Gasteiger partial charge >= 0.3 is 17.9 Å². The average molecular weight is 1020 g/mol. The first-order valence-corrected chi connectivity index (χ1v) is 30.2. The standard InChI is InChI=1S/C68H110O6/c1-4-7-10-13-16-19-22-24-26-28-29-30-31-32-33-34-35-36-37-38-39-41-42-44-46-49-52-55-58-61-67(70)73-64-65(63-72-66(69)60-57-54-51-48-21-18-15-12-9-6-3)74-68(71)62-59-56-53-50-47-45-43-40-27-25-23-20-17-14-11-8-5-2/h7-8,10-12,15-17,19-20,24-27,29-30,32-33,35-36,43,45,65H,4-6,9,13-14,18,21-23,28,31,34,37-42,44,46-64H2,1-3H3/b10-7-,11-8-,15-12-,19-16-,20-17-,26-24-,27-25-,30-29-,33-32-,36-35-,45-43-. The molecule has 0 fully saturated rings. The van der Waals surface area contributed by atoms with Crippen LogP contribution in [0.3, 0.4) is 0 Å². The molecule has 0 amide bonds. The molecule has 0 aromatic rings. The van der Waals surface area contributed by atoms with E-state index in [2.05, 4.69) is 154 Å². The predicted octanol–water partition coefficient (Wildman–Crippen LogP) is 20.6. The van der Waals surface area contributed by atoms with Crippen molar-refractivity contribution in [3.63, 3.8) is 0 Å². The molecular formula is C68H110O6. The molecule has 418 valence electrons. The van der Waals surface area contributed by atoms with E-state index in [9.17, 15) is 14.4 Å². The minimum atomic E-state index is -0.800. The Morgan fingerprint density at radius 1 is 0.284 bits per heavy atom. The molecule has 0 saturated carbocycles. The smallest absolute Gasteiger partial charge is 0.306 e. The van der Waals surface area contributed by atoms with E-state index in [4.69, 9.17) is 14.2 Å². The molecule has 6 heteroatoms. The van der Waals surface area contributed by atoms with E-state index < -0.39 is 6.10 Å². The summed E-state index contributed by atoms with van der Waals surface area (Å²) in [5, 5.41) is 0. The van der Waals surface area contributed by atoms with Crippen molar-refractivity contribution < 1.29 is 28.6 Å². The maximum Gasteiger partial charge on any atom is 0.306 e. The summed E-state index contributed by atoms with van der Waals surface area (Å²) in [6.45, 7) is 6.31. The van der Waals surface area contributed by atoms with Crippen LogP contribution in [0.4, 0.5) is 0 Å². The van der Waals surface area contributed by atoms with Crippen molar-refractivity contribution in [1.29, 1.82) is 0 Å². The van der Waals surface area contributed by atoms with Crippen molar-refractivity contribution in [3.05, 3.63) is 134 Å². The Bertz CT molecular complexity index is 1600. The van der Waals surface area contributed by atoms with Crippen LogP contribution in [0.25, 0.3) is 0 Å². The zero-order valence-electron chi connectivity index (χ0n) is 47.8. The van der Waals surface area contributed by atoms with Gasteiger partial charge in [-0.1, -0.05) is 244 Å². The molecule has 0 aliphatic heterocycles. The van der Waals surface area contributed by atoms with Gasteiger partial charge in [0.2, 0.25) is 0 Å². The molecule has 0 N–H and O–H groups in total. The lowest BCUT2D eigenvalue weighted by molar-refractivity contribution is -0.167. The number of unbranched alkanes of at least 4 members (excludes halogenated alkanes) is 20. The van der Waals surface area contributed by atoms with E-state index >= 15 is 0 Å². The van der Waals surface area contributed by atoms with E-state index in [1.54, 1.807) is 0 Å². The van der Waals surface area contributed by atoms with Gasteiger partial charge in [-0.2, -0.15) is 0 Å². The van der Waals surface area contributed by atoms with Gasteiger partial charge in [0.25, 0.3) is 0 Å². The molecule has 6 nitrogen and oxygen atoms in total. The molecular weight excluding hydrogens is 913 g/mol. The molecule has 0 aromatic heterocycles. The van der Waals surface area contributed by atoms with Crippen molar-refractivity contribution >= 4 is 17.9 Å². The van der Waals surface area contributed by atoms with Gasteiger partial charge < -0.3 is 14.2 Å². The van der Waals surface area contributed by atoms with E-state index in [0.29, 0.717) is 19.3 Å². The maximum atomic E-state index is 12.8. The Balaban J connectivity index is 4.28. The zero-order chi connectivity index (χ0) is 53.6. The van der Waals surface area contributed by atoms with E-state index in [-0.39, 0.29) is 31.1 Å². The van der Waals surface area contributed by atoms with E-state index in [1.807, 2.05) is 0 Å². The number of hydrogen-bond donors (Lipinski definition) is 0. The lowest BCUT2D eigenvalue weighted by atomic mass is 10.1. The summed E-state index contributed by atoms with van der Waals surface area (Å²) >= 11 is 0. The van der Waals surface area contributed by atoms with Crippen LogP contribution in [0, 0.1) is 0 Å². The summed E-state index contributed by atoms with van der Waals surface area (Å²) in [6, 6.07) is 0. The fourth-order valence-corrected chi connectivity index (χ4v) is 7.91. The first kappa shape index (κ1) is 69.5. The maximum absolute atomic E-state index is 12.8. The third-order valence-corrected chi connectivity index (χ3v) is 12.4. The molecule has 0 aliphatic carbocycles. The van der Waals surface area contributed by atoms with Crippen molar-refractivity contribution in [1.82, 2.24) is 0 Å². The highest BCUT2D eigenvalue weighted by atomic mass is 16.6. The van der Waals surface area contributed by atoms with Gasteiger partial charge in [0, 0.05) is 19.3 Å². The van der Waals surface area contributed by atoms with Gasteiger partial charge in [-0.05, 0) is 128 Å². The minimum Gasteiger partial charge on any atom is -0.462 e. The van der Waals surface area contributed by atoms with Gasteiger partial charge in [-0.15, -0.1) is 0 Å². The topological polar surface area (TPSA) is 78.9 Å². The summed E-state index contributed by atoms with van der Waals surface area (Å²) in [7, 11) is 0. The quantitative estimate of drug-likeness (QED) is 0.0261. The second-order valence-electron chi connectivity index (χ2n) is 19.5. The molecule has 0 bridgehead atoms. The Morgan fingerprint density at radius 3 is 0.838 bits per heavy atom. The zero-order valence-corrected chi connectivity index (χ0v) is 47.8. The highest BCUT2D eigenvalue weighted by molar-refractivity contribution is 5.71. The van der Waals surface area contributed by atoms with Gasteiger partial charge in [0.1, 0.15) is 13.2 Å². The van der Waals surface area contributed by atoms with Crippen molar-refractivity contribution in [2.75, 3.05) is 13.2 Å². The highest BCUT2D eigenvalue weighted by Gasteiger charge is 2.19.